The number of urea groups is 1. The third kappa shape index (κ3) is 3.97. The molecule has 1 aromatic rings. The number of benzene rings is 1. The van der Waals surface area contributed by atoms with Gasteiger partial charge in [0.05, 0.1) is 7.11 Å². The van der Waals surface area contributed by atoms with Crippen LogP contribution in [0.3, 0.4) is 0 Å². The number of aryl methyl sites for hydroxylation is 1. The number of ether oxygens (including phenoxy) is 1. The molecule has 0 aliphatic rings. The molecule has 18 heavy (non-hydrogen) atoms. The second kappa shape index (κ2) is 6.48. The number of carbonyl (C=O) groups is 1. The lowest BCUT2D eigenvalue weighted by atomic mass is 10.1. The van der Waals surface area contributed by atoms with Crippen molar-refractivity contribution in [2.24, 2.45) is 5.73 Å². The summed E-state index contributed by atoms with van der Waals surface area (Å²) in [5, 5.41) is 11.8. The van der Waals surface area contributed by atoms with Gasteiger partial charge in [-0.2, -0.15) is 0 Å². The molecule has 0 radical (unpaired) electrons. The zero-order valence-electron chi connectivity index (χ0n) is 10.5. The van der Waals surface area contributed by atoms with E-state index in [1.54, 1.807) is 19.2 Å². The number of guanidine groups is 1. The van der Waals surface area contributed by atoms with Crippen LogP contribution in [0.1, 0.15) is 18.9 Å². The molecule has 5 N–H and O–H groups in total. The number of rotatable bonds is 4. The Bertz CT molecular complexity index is 446. The van der Waals surface area contributed by atoms with E-state index in [2.05, 4.69) is 17.6 Å². The van der Waals surface area contributed by atoms with Crippen LogP contribution in [-0.2, 0) is 6.42 Å². The largest absolute Gasteiger partial charge is 0.497 e. The van der Waals surface area contributed by atoms with Gasteiger partial charge in [0.2, 0.25) is 0 Å². The van der Waals surface area contributed by atoms with Crippen LogP contribution in [-0.4, -0.2) is 19.1 Å². The van der Waals surface area contributed by atoms with E-state index in [1.165, 1.54) is 0 Å². The number of anilines is 1. The first kappa shape index (κ1) is 13.8. The summed E-state index contributed by atoms with van der Waals surface area (Å²) in [6.07, 6.45) is 1.78. The van der Waals surface area contributed by atoms with Crippen LogP contribution in [0.4, 0.5) is 10.5 Å². The van der Waals surface area contributed by atoms with Gasteiger partial charge >= 0.3 is 6.03 Å². The maximum absolute atomic E-state index is 11.5. The Hall–Kier alpha value is -2.24. The van der Waals surface area contributed by atoms with Gasteiger partial charge in [-0.1, -0.05) is 13.3 Å². The Labute approximate surface area is 106 Å². The molecular weight excluding hydrogens is 232 g/mol. The van der Waals surface area contributed by atoms with Gasteiger partial charge in [0.1, 0.15) is 5.75 Å². The third-order valence-corrected chi connectivity index (χ3v) is 2.33. The molecule has 0 bridgehead atoms. The first-order valence-electron chi connectivity index (χ1n) is 5.65. The molecule has 0 aromatic heterocycles. The second-order valence-electron chi connectivity index (χ2n) is 3.77. The molecule has 0 saturated carbocycles. The van der Waals surface area contributed by atoms with E-state index >= 15 is 0 Å². The smallest absolute Gasteiger partial charge is 0.325 e. The summed E-state index contributed by atoms with van der Waals surface area (Å²) >= 11 is 0. The molecule has 0 saturated heterocycles. The molecule has 1 rings (SSSR count). The quantitative estimate of drug-likeness (QED) is 0.483. The fraction of sp³-hybridized carbons (Fsp3) is 0.333. The van der Waals surface area contributed by atoms with E-state index in [0.717, 1.165) is 24.2 Å². The molecule has 2 amide bonds. The van der Waals surface area contributed by atoms with Crippen molar-refractivity contribution in [1.82, 2.24) is 5.32 Å². The molecule has 98 valence electrons. The van der Waals surface area contributed by atoms with Gasteiger partial charge in [-0.15, -0.1) is 0 Å². The van der Waals surface area contributed by atoms with Crippen LogP contribution in [0.15, 0.2) is 18.2 Å². The van der Waals surface area contributed by atoms with Crippen molar-refractivity contribution < 1.29 is 9.53 Å². The van der Waals surface area contributed by atoms with Crippen LogP contribution >= 0.6 is 0 Å². The highest BCUT2D eigenvalue weighted by Gasteiger charge is 2.08. The molecule has 1 aromatic carbocycles. The van der Waals surface area contributed by atoms with Crippen molar-refractivity contribution in [3.05, 3.63) is 23.8 Å². The average Bonchev–Trinajstić information content (AvgIpc) is 2.30. The molecule has 6 heteroatoms. The molecule has 6 nitrogen and oxygen atoms in total. The number of amides is 2. The van der Waals surface area contributed by atoms with Crippen LogP contribution in [0.25, 0.3) is 0 Å². The van der Waals surface area contributed by atoms with E-state index in [0.29, 0.717) is 5.69 Å². The molecule has 0 unspecified atom stereocenters. The SMILES string of the molecule is CCCc1cc(OC)ccc1NC(=O)NC(=N)N. The van der Waals surface area contributed by atoms with Crippen LogP contribution < -0.4 is 21.1 Å². The number of nitrogens with two attached hydrogens (primary N) is 1. The Balaban J connectivity index is 2.86. The summed E-state index contributed by atoms with van der Waals surface area (Å²) in [4.78, 5) is 11.5. The average molecular weight is 250 g/mol. The topological polar surface area (TPSA) is 100 Å². The van der Waals surface area contributed by atoms with Gasteiger partial charge in [-0.25, -0.2) is 4.79 Å². The minimum atomic E-state index is -0.523. The van der Waals surface area contributed by atoms with Gasteiger partial charge in [-0.05, 0) is 30.2 Å². The van der Waals surface area contributed by atoms with Crippen molar-refractivity contribution in [1.29, 1.82) is 5.41 Å². The Morgan fingerprint density at radius 3 is 2.78 bits per heavy atom. The highest BCUT2D eigenvalue weighted by atomic mass is 16.5. The molecule has 0 heterocycles. The minimum absolute atomic E-state index is 0.391. The fourth-order valence-corrected chi connectivity index (χ4v) is 1.57. The summed E-state index contributed by atoms with van der Waals surface area (Å²) in [6, 6.07) is 4.89. The highest BCUT2D eigenvalue weighted by molar-refractivity contribution is 6.01. The fourth-order valence-electron chi connectivity index (χ4n) is 1.57. The summed E-state index contributed by atoms with van der Waals surface area (Å²) in [5.74, 6) is 0.356. The predicted octanol–water partition coefficient (Wildman–Crippen LogP) is 1.66. The second-order valence-corrected chi connectivity index (χ2v) is 3.77. The van der Waals surface area contributed by atoms with E-state index in [9.17, 15) is 4.79 Å². The zero-order chi connectivity index (χ0) is 13.5. The minimum Gasteiger partial charge on any atom is -0.497 e. The summed E-state index contributed by atoms with van der Waals surface area (Å²) in [7, 11) is 1.60. The lowest BCUT2D eigenvalue weighted by Gasteiger charge is -2.12. The first-order chi connectivity index (χ1) is 8.56. The molecule has 0 aliphatic heterocycles. The van der Waals surface area contributed by atoms with E-state index in [1.807, 2.05) is 6.07 Å². The Kier molecular flexibility index (Phi) is 4.98. The molecule has 0 spiro atoms. The van der Waals surface area contributed by atoms with Gasteiger partial charge in [0.15, 0.2) is 5.96 Å². The van der Waals surface area contributed by atoms with Crippen molar-refractivity contribution >= 4 is 17.7 Å². The van der Waals surface area contributed by atoms with E-state index in [4.69, 9.17) is 15.9 Å². The van der Waals surface area contributed by atoms with Crippen LogP contribution in [0, 0.1) is 5.41 Å². The zero-order valence-corrected chi connectivity index (χ0v) is 10.5. The highest BCUT2D eigenvalue weighted by Crippen LogP contribution is 2.23. The third-order valence-electron chi connectivity index (χ3n) is 2.33. The molecule has 0 atom stereocenters. The maximum Gasteiger partial charge on any atom is 0.325 e. The van der Waals surface area contributed by atoms with E-state index in [-0.39, 0.29) is 0 Å². The Morgan fingerprint density at radius 1 is 1.50 bits per heavy atom. The summed E-state index contributed by atoms with van der Waals surface area (Å²) in [5.41, 5.74) is 6.75. The van der Waals surface area contributed by atoms with Crippen molar-refractivity contribution in [3.8, 4) is 5.75 Å². The lowest BCUT2D eigenvalue weighted by Crippen LogP contribution is -2.38. The van der Waals surface area contributed by atoms with Crippen molar-refractivity contribution in [3.63, 3.8) is 0 Å². The number of hydrogen-bond acceptors (Lipinski definition) is 3. The lowest BCUT2D eigenvalue weighted by molar-refractivity contribution is 0.256. The van der Waals surface area contributed by atoms with Crippen LogP contribution in [0.5, 0.6) is 5.75 Å². The predicted molar refractivity (Wildman–Crippen MR) is 71.1 cm³/mol. The van der Waals surface area contributed by atoms with Gasteiger partial charge in [0, 0.05) is 5.69 Å². The Morgan fingerprint density at radius 2 is 2.22 bits per heavy atom. The first-order valence-corrected chi connectivity index (χ1v) is 5.65. The molecule has 0 aliphatic carbocycles. The van der Waals surface area contributed by atoms with E-state index < -0.39 is 12.0 Å². The summed E-state index contributed by atoms with van der Waals surface area (Å²) in [6.45, 7) is 2.05. The van der Waals surface area contributed by atoms with Crippen molar-refractivity contribution in [2.75, 3.05) is 12.4 Å². The van der Waals surface area contributed by atoms with Crippen LogP contribution in [0.2, 0.25) is 0 Å². The summed E-state index contributed by atoms with van der Waals surface area (Å²) < 4.78 is 5.14. The van der Waals surface area contributed by atoms with Gasteiger partial charge in [0.25, 0.3) is 0 Å². The standard InChI is InChI=1S/C12H18N4O2/c1-3-4-8-7-9(18-2)5-6-10(8)15-12(17)16-11(13)14/h5-7H,3-4H2,1-2H3,(H5,13,14,15,16,17). The molecular formula is C12H18N4O2. The molecule has 0 fully saturated rings. The number of nitrogens with one attached hydrogen (secondary N) is 3. The maximum atomic E-state index is 11.5. The normalized spacial score (nSPS) is 9.67. The number of hydrogen-bond donors (Lipinski definition) is 4. The number of carbonyl (C=O) groups excluding carboxylic acids is 1. The monoisotopic (exact) mass is 250 g/mol. The van der Waals surface area contributed by atoms with Crippen molar-refractivity contribution in [2.45, 2.75) is 19.8 Å². The van der Waals surface area contributed by atoms with Gasteiger partial charge < -0.3 is 15.8 Å². The van der Waals surface area contributed by atoms with Gasteiger partial charge in [-0.3, -0.25) is 10.7 Å². The number of methoxy groups -OCH3 is 1.